The average molecular weight is 433 g/mol. The smallest absolute Gasteiger partial charge is 0.236 e. The van der Waals surface area contributed by atoms with Crippen LogP contribution in [0.25, 0.3) is 0 Å². The predicted molar refractivity (Wildman–Crippen MR) is 127 cm³/mol. The van der Waals surface area contributed by atoms with Gasteiger partial charge in [-0.2, -0.15) is 0 Å². The van der Waals surface area contributed by atoms with Crippen molar-refractivity contribution in [3.63, 3.8) is 0 Å². The molecule has 0 aliphatic rings. The number of unbranched alkanes of at least 4 members (excludes halogenated alkanes) is 11. The first-order valence-electron chi connectivity index (χ1n) is 11.2. The van der Waals surface area contributed by atoms with E-state index in [4.69, 9.17) is 0 Å². The second kappa shape index (κ2) is 20.4. The van der Waals surface area contributed by atoms with Gasteiger partial charge in [0.15, 0.2) is 0 Å². The van der Waals surface area contributed by atoms with Crippen LogP contribution in [0.15, 0.2) is 12.2 Å². The third kappa shape index (κ3) is 23.3. The van der Waals surface area contributed by atoms with Crippen molar-refractivity contribution in [1.29, 1.82) is 0 Å². The van der Waals surface area contributed by atoms with Gasteiger partial charge in [0, 0.05) is 13.0 Å². The maximum atomic E-state index is 11.7. The summed E-state index contributed by atoms with van der Waals surface area (Å²) in [6.07, 6.45) is 20.6. The maximum absolute atomic E-state index is 11.7. The van der Waals surface area contributed by atoms with Gasteiger partial charge in [0.05, 0.1) is 5.75 Å². The molecular weight excluding hydrogens is 384 g/mol. The summed E-state index contributed by atoms with van der Waals surface area (Å²) in [5.41, 5.74) is 0. The van der Waals surface area contributed by atoms with Gasteiger partial charge in [-0.15, -0.1) is 0 Å². The Morgan fingerprint density at radius 2 is 1.31 bits per heavy atom. The van der Waals surface area contributed by atoms with Crippen LogP contribution < -0.4 is 4.72 Å². The Balaban J connectivity index is 0. The Kier molecular flexibility index (Phi) is 21.3. The molecule has 0 aromatic rings. The van der Waals surface area contributed by atoms with E-state index in [2.05, 4.69) is 23.8 Å². The molecule has 0 heterocycles. The quantitative estimate of drug-likeness (QED) is 0.211. The highest BCUT2D eigenvalue weighted by Gasteiger charge is 2.14. The molecule has 1 amide bonds. The highest BCUT2D eigenvalue weighted by atomic mass is 32.2. The Morgan fingerprint density at radius 3 is 1.83 bits per heavy atom. The van der Waals surface area contributed by atoms with Crippen LogP contribution in [-0.4, -0.2) is 45.6 Å². The molecule has 0 saturated heterocycles. The number of rotatable bonds is 19. The average Bonchev–Trinajstić information content (AvgIpc) is 2.63. The standard InChI is InChI=1S/C22H44N2O3S.CH4/c1-4-5-6-7-8-9-10-11-12-13-14-15-16-17-18-19-22(25)23-28(26,27)21-20-24(2)3;/h11-12H,4-10,13-21H2,1-3H3,(H,23,25);1H4/b12-11-;. The van der Waals surface area contributed by atoms with Crippen LogP contribution in [0.1, 0.15) is 104 Å². The van der Waals surface area contributed by atoms with E-state index in [9.17, 15) is 13.2 Å². The maximum Gasteiger partial charge on any atom is 0.236 e. The molecule has 29 heavy (non-hydrogen) atoms. The van der Waals surface area contributed by atoms with E-state index in [1.807, 2.05) is 14.1 Å². The number of nitrogens with zero attached hydrogens (tertiary/aromatic N) is 1. The van der Waals surface area contributed by atoms with Crippen molar-refractivity contribution in [3.05, 3.63) is 12.2 Å². The summed E-state index contributed by atoms with van der Waals surface area (Å²) < 4.78 is 25.6. The van der Waals surface area contributed by atoms with Crippen LogP contribution in [0.4, 0.5) is 0 Å². The summed E-state index contributed by atoms with van der Waals surface area (Å²) in [7, 11) is 0.121. The number of amides is 1. The lowest BCUT2D eigenvalue weighted by Gasteiger charge is -2.10. The molecule has 0 aromatic heterocycles. The minimum atomic E-state index is -3.50. The molecule has 5 nitrogen and oxygen atoms in total. The molecule has 0 saturated carbocycles. The first-order chi connectivity index (χ1) is 13.4. The summed E-state index contributed by atoms with van der Waals surface area (Å²) in [5.74, 6) is -0.422. The molecule has 0 aliphatic carbocycles. The van der Waals surface area contributed by atoms with Crippen molar-refractivity contribution in [2.75, 3.05) is 26.4 Å². The van der Waals surface area contributed by atoms with Crippen LogP contribution in [0.3, 0.4) is 0 Å². The number of hydrogen-bond acceptors (Lipinski definition) is 4. The lowest BCUT2D eigenvalue weighted by atomic mass is 10.1. The molecule has 0 aliphatic heterocycles. The van der Waals surface area contributed by atoms with Crippen LogP contribution in [0.5, 0.6) is 0 Å². The third-order valence-electron chi connectivity index (χ3n) is 4.74. The van der Waals surface area contributed by atoms with Crippen molar-refractivity contribution in [1.82, 2.24) is 9.62 Å². The molecule has 0 atom stereocenters. The molecule has 1 N–H and O–H groups in total. The summed E-state index contributed by atoms with van der Waals surface area (Å²) >= 11 is 0. The zero-order valence-corrected chi connectivity index (χ0v) is 19.4. The summed E-state index contributed by atoms with van der Waals surface area (Å²) in [6.45, 7) is 2.66. The topological polar surface area (TPSA) is 66.5 Å². The van der Waals surface area contributed by atoms with Crippen molar-refractivity contribution in [2.24, 2.45) is 0 Å². The van der Waals surface area contributed by atoms with Gasteiger partial charge in [-0.3, -0.25) is 9.52 Å². The van der Waals surface area contributed by atoms with Crippen molar-refractivity contribution >= 4 is 15.9 Å². The molecule has 174 valence electrons. The van der Waals surface area contributed by atoms with E-state index in [1.165, 1.54) is 57.8 Å². The van der Waals surface area contributed by atoms with Gasteiger partial charge >= 0.3 is 0 Å². The minimum absolute atomic E-state index is 0. The van der Waals surface area contributed by atoms with Gasteiger partial charge < -0.3 is 4.90 Å². The van der Waals surface area contributed by atoms with Crippen LogP contribution in [0, 0.1) is 0 Å². The van der Waals surface area contributed by atoms with Gasteiger partial charge in [0.25, 0.3) is 0 Å². The Labute approximate surface area is 181 Å². The van der Waals surface area contributed by atoms with Gasteiger partial charge in [-0.05, 0) is 46.2 Å². The van der Waals surface area contributed by atoms with Crippen molar-refractivity contribution in [2.45, 2.75) is 104 Å². The molecular formula is C23H48N2O3S. The van der Waals surface area contributed by atoms with Gasteiger partial charge in [-0.25, -0.2) is 8.42 Å². The van der Waals surface area contributed by atoms with Crippen LogP contribution in [0.2, 0.25) is 0 Å². The molecule has 0 fully saturated rings. The first kappa shape index (κ1) is 30.3. The highest BCUT2D eigenvalue weighted by Crippen LogP contribution is 2.10. The summed E-state index contributed by atoms with van der Waals surface area (Å²) in [4.78, 5) is 13.5. The van der Waals surface area contributed by atoms with Crippen LogP contribution in [-0.2, 0) is 14.8 Å². The Morgan fingerprint density at radius 1 is 0.828 bits per heavy atom. The molecule has 0 unspecified atom stereocenters. The monoisotopic (exact) mass is 432 g/mol. The van der Waals surface area contributed by atoms with E-state index in [0.29, 0.717) is 13.0 Å². The van der Waals surface area contributed by atoms with Gasteiger partial charge in [0.2, 0.25) is 15.9 Å². The zero-order chi connectivity index (χ0) is 21.1. The van der Waals surface area contributed by atoms with E-state index >= 15 is 0 Å². The molecule has 6 heteroatoms. The molecule has 0 aromatic carbocycles. The highest BCUT2D eigenvalue weighted by molar-refractivity contribution is 7.90. The Hall–Kier alpha value is -0.880. The number of sulfonamides is 1. The predicted octanol–water partition coefficient (Wildman–Crippen LogP) is 5.67. The second-order valence-electron chi connectivity index (χ2n) is 7.98. The van der Waals surface area contributed by atoms with Gasteiger partial charge in [0.1, 0.15) is 0 Å². The lowest BCUT2D eigenvalue weighted by molar-refractivity contribution is -0.119. The third-order valence-corrected chi connectivity index (χ3v) is 6.00. The van der Waals surface area contributed by atoms with Crippen molar-refractivity contribution < 1.29 is 13.2 Å². The molecule has 0 bridgehead atoms. The lowest BCUT2D eigenvalue weighted by Crippen LogP contribution is -2.35. The van der Waals surface area contributed by atoms with E-state index in [-0.39, 0.29) is 19.1 Å². The van der Waals surface area contributed by atoms with Gasteiger partial charge in [-0.1, -0.05) is 77.9 Å². The Bertz CT molecular complexity index is 502. The van der Waals surface area contributed by atoms with E-state index in [1.54, 1.807) is 4.90 Å². The summed E-state index contributed by atoms with van der Waals surface area (Å²) in [6, 6.07) is 0. The van der Waals surface area contributed by atoms with E-state index in [0.717, 1.165) is 25.7 Å². The van der Waals surface area contributed by atoms with E-state index < -0.39 is 10.0 Å². The SMILES string of the molecule is C.CCCCCCCC/C=C\CCCCCCCC(=O)NS(=O)(=O)CCN(C)C. The minimum Gasteiger partial charge on any atom is -0.308 e. The summed E-state index contributed by atoms with van der Waals surface area (Å²) in [5, 5.41) is 0. The normalized spacial score (nSPS) is 11.7. The second-order valence-corrected chi connectivity index (χ2v) is 9.82. The number of carbonyl (C=O) groups is 1. The number of hydrogen-bond donors (Lipinski definition) is 1. The van der Waals surface area contributed by atoms with Crippen molar-refractivity contribution in [3.8, 4) is 0 Å². The first-order valence-corrected chi connectivity index (χ1v) is 12.9. The molecule has 0 radical (unpaired) electrons. The van der Waals surface area contributed by atoms with Crippen LogP contribution >= 0.6 is 0 Å². The zero-order valence-electron chi connectivity index (χ0n) is 18.5. The number of nitrogens with one attached hydrogen (secondary N) is 1. The fourth-order valence-electron chi connectivity index (χ4n) is 2.93. The fraction of sp³-hybridized carbons (Fsp3) is 0.870. The number of carbonyl (C=O) groups excluding carboxylic acids is 1. The largest absolute Gasteiger partial charge is 0.308 e. The molecule has 0 rings (SSSR count). The fourth-order valence-corrected chi connectivity index (χ4v) is 4.09. The number of allylic oxidation sites excluding steroid dienone is 2. The molecule has 0 spiro atoms.